The summed E-state index contributed by atoms with van der Waals surface area (Å²) in [6.07, 6.45) is 0.697. The molecule has 0 fully saturated rings. The van der Waals surface area contributed by atoms with Crippen molar-refractivity contribution in [3.63, 3.8) is 0 Å². The highest BCUT2D eigenvalue weighted by molar-refractivity contribution is 6.31. The van der Waals surface area contributed by atoms with E-state index in [0.717, 1.165) is 10.6 Å². The Morgan fingerprint density at radius 3 is 2.47 bits per heavy atom. The molecule has 2 atom stereocenters. The molecule has 106 valence electrons. The monoisotopic (exact) mass is 282 g/mol. The molecule has 1 amide bonds. The second-order valence-electron chi connectivity index (χ2n) is 6.05. The number of hydrogen-bond acceptors (Lipinski definition) is 2. The van der Waals surface area contributed by atoms with Gasteiger partial charge in [-0.05, 0) is 30.4 Å². The molecule has 3 N–H and O–H groups in total. The summed E-state index contributed by atoms with van der Waals surface area (Å²) in [6.45, 7) is 7.82. The zero-order chi connectivity index (χ0) is 14.6. The van der Waals surface area contributed by atoms with Crippen molar-refractivity contribution in [3.8, 4) is 0 Å². The molecule has 1 rings (SSSR count). The smallest absolute Gasteiger partial charge is 0.237 e. The van der Waals surface area contributed by atoms with Crippen molar-refractivity contribution in [2.45, 2.75) is 46.2 Å². The summed E-state index contributed by atoms with van der Waals surface area (Å²) in [7, 11) is 0. The van der Waals surface area contributed by atoms with Crippen molar-refractivity contribution in [1.29, 1.82) is 0 Å². The number of benzene rings is 1. The summed E-state index contributed by atoms with van der Waals surface area (Å²) in [5.74, 6) is -0.118. The molecular weight excluding hydrogens is 260 g/mol. The third kappa shape index (κ3) is 4.84. The second-order valence-corrected chi connectivity index (χ2v) is 6.46. The van der Waals surface area contributed by atoms with Crippen molar-refractivity contribution in [2.24, 2.45) is 11.1 Å². The molecule has 0 bridgehead atoms. The molecule has 1 aromatic carbocycles. The SMILES string of the molecule is CC(Cc1ccccc1Cl)NC(=O)[C@@H](N)C(C)(C)C. The third-order valence-electron chi connectivity index (χ3n) is 3.09. The van der Waals surface area contributed by atoms with Crippen LogP contribution in [0.2, 0.25) is 5.02 Å². The van der Waals surface area contributed by atoms with E-state index in [0.29, 0.717) is 6.42 Å². The van der Waals surface area contributed by atoms with E-state index in [4.69, 9.17) is 17.3 Å². The Bertz CT molecular complexity index is 440. The fraction of sp³-hybridized carbons (Fsp3) is 0.533. The zero-order valence-electron chi connectivity index (χ0n) is 12.0. The molecule has 0 aliphatic carbocycles. The van der Waals surface area contributed by atoms with Crippen LogP contribution in [0.15, 0.2) is 24.3 Å². The first-order valence-corrected chi connectivity index (χ1v) is 6.89. The molecular formula is C15H23ClN2O. The highest BCUT2D eigenvalue weighted by Crippen LogP contribution is 2.19. The van der Waals surface area contributed by atoms with Gasteiger partial charge in [0.15, 0.2) is 0 Å². The predicted molar refractivity (Wildman–Crippen MR) is 80.2 cm³/mol. The van der Waals surface area contributed by atoms with E-state index in [1.165, 1.54) is 0 Å². The number of halogens is 1. The summed E-state index contributed by atoms with van der Waals surface area (Å²) >= 11 is 6.10. The molecule has 19 heavy (non-hydrogen) atoms. The molecule has 0 saturated heterocycles. The Morgan fingerprint density at radius 2 is 1.95 bits per heavy atom. The lowest BCUT2D eigenvalue weighted by atomic mass is 9.87. The number of rotatable bonds is 4. The van der Waals surface area contributed by atoms with Gasteiger partial charge in [0.25, 0.3) is 0 Å². The maximum atomic E-state index is 12.0. The third-order valence-corrected chi connectivity index (χ3v) is 3.46. The minimum absolute atomic E-state index is 0.000741. The van der Waals surface area contributed by atoms with Gasteiger partial charge in [-0.1, -0.05) is 50.6 Å². The van der Waals surface area contributed by atoms with Crippen molar-refractivity contribution in [2.75, 3.05) is 0 Å². The van der Waals surface area contributed by atoms with E-state index in [1.807, 2.05) is 52.0 Å². The first kappa shape index (κ1) is 16.0. The van der Waals surface area contributed by atoms with Gasteiger partial charge >= 0.3 is 0 Å². The maximum absolute atomic E-state index is 12.0. The molecule has 1 unspecified atom stereocenters. The minimum Gasteiger partial charge on any atom is -0.352 e. The predicted octanol–water partition coefficient (Wildman–Crippen LogP) is 2.76. The van der Waals surface area contributed by atoms with Crippen molar-refractivity contribution in [3.05, 3.63) is 34.9 Å². The zero-order valence-corrected chi connectivity index (χ0v) is 12.8. The molecule has 0 aliphatic heterocycles. The van der Waals surface area contributed by atoms with Crippen LogP contribution in [0, 0.1) is 5.41 Å². The van der Waals surface area contributed by atoms with Crippen LogP contribution in [0.25, 0.3) is 0 Å². The van der Waals surface area contributed by atoms with Crippen LogP contribution in [0.4, 0.5) is 0 Å². The fourth-order valence-electron chi connectivity index (χ4n) is 1.77. The number of nitrogens with two attached hydrogens (primary N) is 1. The lowest BCUT2D eigenvalue weighted by Crippen LogP contribution is -2.51. The van der Waals surface area contributed by atoms with Crippen LogP contribution < -0.4 is 11.1 Å². The van der Waals surface area contributed by atoms with Gasteiger partial charge < -0.3 is 11.1 Å². The summed E-state index contributed by atoms with van der Waals surface area (Å²) in [4.78, 5) is 12.0. The normalized spacial score (nSPS) is 14.8. The van der Waals surface area contributed by atoms with Gasteiger partial charge in [-0.3, -0.25) is 4.79 Å². The number of hydrogen-bond donors (Lipinski definition) is 2. The average Bonchev–Trinajstić information content (AvgIpc) is 2.29. The number of nitrogens with one attached hydrogen (secondary N) is 1. The Labute approximate surface area is 120 Å². The van der Waals surface area contributed by atoms with Crippen LogP contribution in [0.1, 0.15) is 33.3 Å². The fourth-order valence-corrected chi connectivity index (χ4v) is 1.98. The van der Waals surface area contributed by atoms with Gasteiger partial charge in [-0.2, -0.15) is 0 Å². The Kier molecular flexibility index (Phi) is 5.39. The van der Waals surface area contributed by atoms with E-state index in [-0.39, 0.29) is 17.4 Å². The maximum Gasteiger partial charge on any atom is 0.237 e. The van der Waals surface area contributed by atoms with Crippen LogP contribution in [0.3, 0.4) is 0 Å². The van der Waals surface area contributed by atoms with Crippen molar-refractivity contribution >= 4 is 17.5 Å². The highest BCUT2D eigenvalue weighted by atomic mass is 35.5. The molecule has 0 radical (unpaired) electrons. The molecule has 1 aromatic rings. The van der Waals surface area contributed by atoms with E-state index < -0.39 is 6.04 Å². The topological polar surface area (TPSA) is 55.1 Å². The standard InChI is InChI=1S/C15H23ClN2O/c1-10(9-11-7-5-6-8-12(11)16)18-14(19)13(17)15(2,3)4/h5-8,10,13H,9,17H2,1-4H3,(H,18,19)/t10?,13-/m1/s1. The van der Waals surface area contributed by atoms with E-state index in [9.17, 15) is 4.79 Å². The van der Waals surface area contributed by atoms with Crippen LogP contribution in [-0.2, 0) is 11.2 Å². The summed E-state index contributed by atoms with van der Waals surface area (Å²) in [5.41, 5.74) is 6.71. The molecule has 0 heterocycles. The van der Waals surface area contributed by atoms with E-state index >= 15 is 0 Å². The van der Waals surface area contributed by atoms with Crippen molar-refractivity contribution < 1.29 is 4.79 Å². The Balaban J connectivity index is 2.59. The summed E-state index contributed by atoms with van der Waals surface area (Å²) in [6, 6.07) is 7.14. The molecule has 4 heteroatoms. The summed E-state index contributed by atoms with van der Waals surface area (Å²) < 4.78 is 0. The number of carbonyl (C=O) groups excluding carboxylic acids is 1. The number of carbonyl (C=O) groups is 1. The van der Waals surface area contributed by atoms with Gasteiger partial charge in [-0.25, -0.2) is 0 Å². The first-order chi connectivity index (χ1) is 8.71. The van der Waals surface area contributed by atoms with Gasteiger partial charge in [0.2, 0.25) is 5.91 Å². The lowest BCUT2D eigenvalue weighted by Gasteiger charge is -2.27. The molecule has 0 aromatic heterocycles. The lowest BCUT2D eigenvalue weighted by molar-refractivity contribution is -0.125. The van der Waals surface area contributed by atoms with Gasteiger partial charge in [-0.15, -0.1) is 0 Å². The average molecular weight is 283 g/mol. The van der Waals surface area contributed by atoms with E-state index in [1.54, 1.807) is 0 Å². The van der Waals surface area contributed by atoms with Crippen LogP contribution in [-0.4, -0.2) is 18.0 Å². The Hall–Kier alpha value is -1.06. The molecule has 0 saturated carbocycles. The van der Waals surface area contributed by atoms with Crippen LogP contribution >= 0.6 is 11.6 Å². The van der Waals surface area contributed by atoms with Gasteiger partial charge in [0, 0.05) is 11.1 Å². The quantitative estimate of drug-likeness (QED) is 0.892. The number of amides is 1. The summed E-state index contributed by atoms with van der Waals surface area (Å²) in [5, 5.41) is 3.66. The Morgan fingerprint density at radius 1 is 1.37 bits per heavy atom. The largest absolute Gasteiger partial charge is 0.352 e. The van der Waals surface area contributed by atoms with E-state index in [2.05, 4.69) is 5.32 Å². The first-order valence-electron chi connectivity index (χ1n) is 6.51. The second kappa shape index (κ2) is 6.40. The van der Waals surface area contributed by atoms with Gasteiger partial charge in [0.1, 0.15) is 0 Å². The minimum atomic E-state index is -0.513. The van der Waals surface area contributed by atoms with Crippen LogP contribution in [0.5, 0.6) is 0 Å². The van der Waals surface area contributed by atoms with Crippen molar-refractivity contribution in [1.82, 2.24) is 5.32 Å². The molecule has 0 spiro atoms. The highest BCUT2D eigenvalue weighted by Gasteiger charge is 2.28. The van der Waals surface area contributed by atoms with Gasteiger partial charge in [0.05, 0.1) is 6.04 Å². The molecule has 3 nitrogen and oxygen atoms in total. The molecule has 0 aliphatic rings.